The molecule has 2 heteroatoms. The first-order chi connectivity index (χ1) is 7.27. The van der Waals surface area contributed by atoms with Crippen molar-refractivity contribution >= 4 is 45.0 Å². The first-order valence-electron chi connectivity index (χ1n) is 5.15. The summed E-state index contributed by atoms with van der Waals surface area (Å²) in [7, 11) is 0. The molecule has 0 fully saturated rings. The molecule has 0 saturated carbocycles. The summed E-state index contributed by atoms with van der Waals surface area (Å²) in [6, 6.07) is 13.1. The number of thiophene rings is 1. The summed E-state index contributed by atoms with van der Waals surface area (Å²) in [5, 5.41) is 2.80. The van der Waals surface area contributed by atoms with Crippen molar-refractivity contribution in [1.82, 2.24) is 0 Å². The van der Waals surface area contributed by atoms with E-state index in [1.165, 1.54) is 31.3 Å². The summed E-state index contributed by atoms with van der Waals surface area (Å²) >= 11 is 1.91. The van der Waals surface area contributed by atoms with Gasteiger partial charge in [-0.2, -0.15) is 13.5 Å². The minimum atomic E-state index is 0. The van der Waals surface area contributed by atoms with Crippen LogP contribution in [0.5, 0.6) is 0 Å². The molecule has 0 saturated heterocycles. The number of benzene rings is 2. The van der Waals surface area contributed by atoms with Crippen molar-refractivity contribution in [2.45, 2.75) is 13.8 Å². The maximum atomic E-state index is 2.22. The van der Waals surface area contributed by atoms with E-state index >= 15 is 0 Å². The van der Waals surface area contributed by atoms with E-state index in [0.717, 1.165) is 0 Å². The van der Waals surface area contributed by atoms with E-state index in [-0.39, 0.29) is 13.5 Å². The van der Waals surface area contributed by atoms with Crippen LogP contribution in [-0.4, -0.2) is 0 Å². The highest BCUT2D eigenvalue weighted by Gasteiger charge is 2.07. The van der Waals surface area contributed by atoms with Crippen molar-refractivity contribution in [3.05, 3.63) is 47.5 Å². The molecule has 82 valence electrons. The fraction of sp³-hybridized carbons (Fsp3) is 0.143. The number of aryl methyl sites for hydroxylation is 2. The Hall–Kier alpha value is -0.990. The van der Waals surface area contributed by atoms with Crippen molar-refractivity contribution in [3.63, 3.8) is 0 Å². The fourth-order valence-electron chi connectivity index (χ4n) is 2.10. The molecule has 0 unspecified atom stereocenters. The van der Waals surface area contributed by atoms with E-state index in [9.17, 15) is 0 Å². The number of hydrogen-bond acceptors (Lipinski definition) is 1. The van der Waals surface area contributed by atoms with Crippen molar-refractivity contribution in [2.75, 3.05) is 0 Å². The first kappa shape index (κ1) is 11.5. The van der Waals surface area contributed by atoms with Crippen molar-refractivity contribution in [2.24, 2.45) is 0 Å². The molecule has 0 aliphatic carbocycles. The van der Waals surface area contributed by atoms with Gasteiger partial charge in [-0.25, -0.2) is 0 Å². The van der Waals surface area contributed by atoms with E-state index < -0.39 is 0 Å². The number of fused-ring (bicyclic) bond motifs is 3. The maximum Gasteiger partial charge on any atom is 0.0384 e. The van der Waals surface area contributed by atoms with Gasteiger partial charge in [0.15, 0.2) is 0 Å². The lowest BCUT2D eigenvalue weighted by molar-refractivity contribution is 1.56. The molecular formula is C14H14S2. The van der Waals surface area contributed by atoms with E-state index in [1.807, 2.05) is 11.3 Å². The first-order valence-corrected chi connectivity index (χ1v) is 5.96. The van der Waals surface area contributed by atoms with Crippen LogP contribution in [0, 0.1) is 13.8 Å². The van der Waals surface area contributed by atoms with Crippen LogP contribution in [0.3, 0.4) is 0 Å². The van der Waals surface area contributed by atoms with E-state index in [4.69, 9.17) is 0 Å². The van der Waals surface area contributed by atoms with Gasteiger partial charge in [-0.15, -0.1) is 11.3 Å². The largest absolute Gasteiger partial charge is 0.197 e. The summed E-state index contributed by atoms with van der Waals surface area (Å²) in [4.78, 5) is 0. The molecule has 0 spiro atoms. The third-order valence-electron chi connectivity index (χ3n) is 2.92. The van der Waals surface area contributed by atoms with E-state index in [2.05, 4.69) is 50.2 Å². The maximum absolute atomic E-state index is 2.22. The fourth-order valence-corrected chi connectivity index (χ4v) is 3.34. The minimum Gasteiger partial charge on any atom is -0.197 e. The highest BCUT2D eigenvalue weighted by molar-refractivity contribution is 7.59. The van der Waals surface area contributed by atoms with Crippen LogP contribution < -0.4 is 0 Å². The second-order valence-corrected chi connectivity index (χ2v) is 5.03. The topological polar surface area (TPSA) is 0 Å². The average molecular weight is 246 g/mol. The van der Waals surface area contributed by atoms with Gasteiger partial charge >= 0.3 is 0 Å². The van der Waals surface area contributed by atoms with Gasteiger partial charge in [0.2, 0.25) is 0 Å². The monoisotopic (exact) mass is 246 g/mol. The van der Waals surface area contributed by atoms with Crippen LogP contribution in [0.1, 0.15) is 11.1 Å². The van der Waals surface area contributed by atoms with Crippen molar-refractivity contribution in [1.29, 1.82) is 0 Å². The molecule has 0 amide bonds. The SMILES string of the molecule is Cc1cccc2c1sc1c(C)cccc12.S. The Morgan fingerprint density at radius 1 is 0.750 bits per heavy atom. The third-order valence-corrected chi connectivity index (χ3v) is 4.41. The van der Waals surface area contributed by atoms with Gasteiger partial charge in [-0.05, 0) is 25.0 Å². The second kappa shape index (κ2) is 4.11. The standard InChI is InChI=1S/C14H12S.H2S/c1-9-5-3-7-11-12-8-4-6-10(2)14(12)15-13(9)11;/h3-8H,1-2H3;1H2. The Labute approximate surface area is 106 Å². The van der Waals surface area contributed by atoms with Gasteiger partial charge in [0.05, 0.1) is 0 Å². The smallest absolute Gasteiger partial charge is 0.0384 e. The Balaban J connectivity index is 0.000000963. The molecular weight excluding hydrogens is 232 g/mol. The Morgan fingerprint density at radius 3 is 1.62 bits per heavy atom. The van der Waals surface area contributed by atoms with E-state index in [1.54, 1.807) is 0 Å². The average Bonchev–Trinajstić information content (AvgIpc) is 2.60. The van der Waals surface area contributed by atoms with Gasteiger partial charge in [0, 0.05) is 20.2 Å². The molecule has 16 heavy (non-hydrogen) atoms. The molecule has 1 heterocycles. The molecule has 0 nitrogen and oxygen atoms in total. The lowest BCUT2D eigenvalue weighted by Gasteiger charge is -1.94. The number of rotatable bonds is 0. The molecule has 0 aliphatic heterocycles. The molecule has 2 aromatic carbocycles. The molecule has 0 radical (unpaired) electrons. The van der Waals surface area contributed by atoms with Gasteiger partial charge < -0.3 is 0 Å². The van der Waals surface area contributed by atoms with Crippen LogP contribution in [0.2, 0.25) is 0 Å². The summed E-state index contributed by atoms with van der Waals surface area (Å²) in [5.41, 5.74) is 2.77. The molecule has 0 N–H and O–H groups in total. The summed E-state index contributed by atoms with van der Waals surface area (Å²) in [6.45, 7) is 4.38. The van der Waals surface area contributed by atoms with Crippen LogP contribution in [0.4, 0.5) is 0 Å². The zero-order valence-electron chi connectivity index (χ0n) is 9.37. The third kappa shape index (κ3) is 1.53. The summed E-state index contributed by atoms with van der Waals surface area (Å²) in [6.07, 6.45) is 0. The number of hydrogen-bond donors (Lipinski definition) is 0. The Bertz CT molecular complexity index is 594. The molecule has 1 aromatic heterocycles. The van der Waals surface area contributed by atoms with Crippen molar-refractivity contribution in [3.8, 4) is 0 Å². The van der Waals surface area contributed by atoms with Gasteiger partial charge in [0.25, 0.3) is 0 Å². The molecule has 0 atom stereocenters. The zero-order chi connectivity index (χ0) is 10.4. The quantitative estimate of drug-likeness (QED) is 0.535. The molecule has 3 rings (SSSR count). The lowest BCUT2D eigenvalue weighted by Crippen LogP contribution is -1.71. The highest BCUT2D eigenvalue weighted by Crippen LogP contribution is 2.36. The lowest BCUT2D eigenvalue weighted by atomic mass is 10.1. The summed E-state index contributed by atoms with van der Waals surface area (Å²) < 4.78 is 2.86. The normalized spacial score (nSPS) is 10.6. The van der Waals surface area contributed by atoms with Crippen molar-refractivity contribution < 1.29 is 0 Å². The summed E-state index contributed by atoms with van der Waals surface area (Å²) in [5.74, 6) is 0. The minimum absolute atomic E-state index is 0. The Kier molecular flexibility index (Phi) is 2.96. The van der Waals surface area contributed by atoms with Crippen LogP contribution in [-0.2, 0) is 0 Å². The van der Waals surface area contributed by atoms with Crippen LogP contribution >= 0.6 is 24.8 Å². The predicted molar refractivity (Wildman–Crippen MR) is 79.2 cm³/mol. The molecule has 3 aromatic rings. The van der Waals surface area contributed by atoms with E-state index in [0.29, 0.717) is 0 Å². The highest BCUT2D eigenvalue weighted by atomic mass is 32.1. The van der Waals surface area contributed by atoms with Crippen LogP contribution in [0.15, 0.2) is 36.4 Å². The van der Waals surface area contributed by atoms with Crippen LogP contribution in [0.25, 0.3) is 20.2 Å². The second-order valence-electron chi connectivity index (χ2n) is 4.01. The van der Waals surface area contributed by atoms with Gasteiger partial charge in [0.1, 0.15) is 0 Å². The predicted octanol–water partition coefficient (Wildman–Crippen LogP) is 4.78. The Morgan fingerprint density at radius 2 is 1.19 bits per heavy atom. The molecule has 0 aliphatic rings. The molecule has 0 bridgehead atoms. The zero-order valence-corrected chi connectivity index (χ0v) is 11.2. The van der Waals surface area contributed by atoms with Gasteiger partial charge in [-0.1, -0.05) is 36.4 Å². The van der Waals surface area contributed by atoms with Gasteiger partial charge in [-0.3, -0.25) is 0 Å².